The van der Waals surface area contributed by atoms with Gasteiger partial charge in [0.25, 0.3) is 0 Å². The number of alkyl carbamates (subject to hydrolysis) is 1. The Bertz CT molecular complexity index is 432. The van der Waals surface area contributed by atoms with Crippen molar-refractivity contribution in [1.29, 1.82) is 0 Å². The maximum absolute atomic E-state index is 11.6. The van der Waals surface area contributed by atoms with E-state index in [0.29, 0.717) is 6.42 Å². The molecule has 0 spiro atoms. The van der Waals surface area contributed by atoms with E-state index in [1.807, 2.05) is 19.1 Å². The van der Waals surface area contributed by atoms with Crippen LogP contribution in [-0.4, -0.2) is 24.0 Å². The fraction of sp³-hybridized carbons (Fsp3) is 0.538. The molecule has 0 saturated carbocycles. The van der Waals surface area contributed by atoms with Gasteiger partial charge in [-0.15, -0.1) is 11.3 Å². The molecule has 1 N–H and O–H groups in total. The fourth-order valence-electron chi connectivity index (χ4n) is 1.32. The zero-order chi connectivity index (χ0) is 13.8. The number of Topliss-reactive ketones (excluding diaryl/α,β-unsaturated/α-hetero) is 1. The van der Waals surface area contributed by atoms with Gasteiger partial charge >= 0.3 is 6.09 Å². The summed E-state index contributed by atoms with van der Waals surface area (Å²) in [6.45, 7) is 7.35. The minimum Gasteiger partial charge on any atom is -0.444 e. The summed E-state index contributed by atoms with van der Waals surface area (Å²) in [5, 5.41) is 2.46. The Morgan fingerprint density at radius 2 is 2.00 bits per heavy atom. The van der Waals surface area contributed by atoms with Crippen molar-refractivity contribution >= 4 is 23.2 Å². The quantitative estimate of drug-likeness (QED) is 0.914. The predicted octanol–water partition coefficient (Wildman–Crippen LogP) is 2.69. The summed E-state index contributed by atoms with van der Waals surface area (Å²) in [4.78, 5) is 25.2. The van der Waals surface area contributed by atoms with Crippen LogP contribution in [0.3, 0.4) is 0 Å². The molecular weight excluding hydrogens is 250 g/mol. The van der Waals surface area contributed by atoms with E-state index >= 15 is 0 Å². The average molecular weight is 269 g/mol. The van der Waals surface area contributed by atoms with Crippen LogP contribution in [0.4, 0.5) is 4.79 Å². The number of aryl methyl sites for hydroxylation is 1. The molecule has 0 radical (unpaired) electrons. The molecule has 100 valence electrons. The molecule has 0 aromatic carbocycles. The van der Waals surface area contributed by atoms with Crippen molar-refractivity contribution in [3.8, 4) is 0 Å². The maximum atomic E-state index is 11.6. The van der Waals surface area contributed by atoms with Crippen LogP contribution in [0.25, 0.3) is 0 Å². The second-order valence-corrected chi connectivity index (χ2v) is 6.46. The van der Waals surface area contributed by atoms with Gasteiger partial charge in [0, 0.05) is 16.2 Å². The standard InChI is InChI=1S/C13H19NO3S/c1-9-5-6-11(18-9)7-10(15)8-14-12(16)17-13(2,3)4/h5-6H,7-8H2,1-4H3,(H,14,16). The highest BCUT2D eigenvalue weighted by molar-refractivity contribution is 7.12. The van der Waals surface area contributed by atoms with E-state index in [1.54, 1.807) is 32.1 Å². The summed E-state index contributed by atoms with van der Waals surface area (Å²) in [5.41, 5.74) is -0.544. The second-order valence-electron chi connectivity index (χ2n) is 5.08. The van der Waals surface area contributed by atoms with Gasteiger partial charge in [-0.1, -0.05) is 0 Å². The van der Waals surface area contributed by atoms with Crippen LogP contribution in [0.2, 0.25) is 0 Å². The number of amides is 1. The lowest BCUT2D eigenvalue weighted by Gasteiger charge is -2.19. The molecule has 0 bridgehead atoms. The molecule has 0 aliphatic carbocycles. The molecule has 0 saturated heterocycles. The first kappa shape index (κ1) is 14.7. The Labute approximate surface area is 111 Å². The molecule has 1 amide bonds. The fourth-order valence-corrected chi connectivity index (χ4v) is 2.24. The molecule has 0 unspecified atom stereocenters. The van der Waals surface area contributed by atoms with Crippen LogP contribution in [-0.2, 0) is 16.0 Å². The van der Waals surface area contributed by atoms with Crippen molar-refractivity contribution < 1.29 is 14.3 Å². The predicted molar refractivity (Wildman–Crippen MR) is 72.0 cm³/mol. The summed E-state index contributed by atoms with van der Waals surface area (Å²) >= 11 is 1.60. The molecule has 0 atom stereocenters. The van der Waals surface area contributed by atoms with E-state index in [-0.39, 0.29) is 12.3 Å². The van der Waals surface area contributed by atoms with Crippen molar-refractivity contribution in [2.45, 2.75) is 39.7 Å². The first-order valence-corrected chi connectivity index (χ1v) is 6.62. The van der Waals surface area contributed by atoms with Crippen molar-refractivity contribution in [2.24, 2.45) is 0 Å². The van der Waals surface area contributed by atoms with E-state index in [1.165, 1.54) is 4.88 Å². The Balaban J connectivity index is 2.31. The van der Waals surface area contributed by atoms with Crippen molar-refractivity contribution in [1.82, 2.24) is 5.32 Å². The largest absolute Gasteiger partial charge is 0.444 e. The lowest BCUT2D eigenvalue weighted by Crippen LogP contribution is -2.35. The molecule has 1 aromatic rings. The normalized spacial score (nSPS) is 11.1. The zero-order valence-corrected chi connectivity index (χ0v) is 12.0. The first-order chi connectivity index (χ1) is 8.26. The topological polar surface area (TPSA) is 55.4 Å². The zero-order valence-electron chi connectivity index (χ0n) is 11.2. The van der Waals surface area contributed by atoms with Crippen molar-refractivity contribution in [3.63, 3.8) is 0 Å². The molecule has 0 fully saturated rings. The van der Waals surface area contributed by atoms with Gasteiger partial charge in [0.2, 0.25) is 0 Å². The number of carbonyl (C=O) groups is 2. The van der Waals surface area contributed by atoms with Crippen molar-refractivity contribution in [3.05, 3.63) is 21.9 Å². The number of rotatable bonds is 4. The van der Waals surface area contributed by atoms with Crippen molar-refractivity contribution in [2.75, 3.05) is 6.54 Å². The summed E-state index contributed by atoms with van der Waals surface area (Å²) in [6, 6.07) is 3.92. The Kier molecular flexibility index (Phi) is 4.90. The summed E-state index contributed by atoms with van der Waals surface area (Å²) in [5.74, 6) is -0.0253. The molecule has 0 aliphatic rings. The molecule has 1 aromatic heterocycles. The van der Waals surface area contributed by atoms with Crippen LogP contribution >= 0.6 is 11.3 Å². The third-order valence-electron chi connectivity index (χ3n) is 2.00. The lowest BCUT2D eigenvalue weighted by molar-refractivity contribution is -0.117. The SMILES string of the molecule is Cc1ccc(CC(=O)CNC(=O)OC(C)(C)C)s1. The maximum Gasteiger partial charge on any atom is 0.408 e. The van der Waals surface area contributed by atoms with Crippen LogP contribution in [0, 0.1) is 6.92 Å². The van der Waals surface area contributed by atoms with Gasteiger partial charge in [-0.25, -0.2) is 4.79 Å². The minimum absolute atomic E-state index is 0.00581. The summed E-state index contributed by atoms with van der Waals surface area (Å²) in [7, 11) is 0. The average Bonchev–Trinajstić information content (AvgIpc) is 2.58. The minimum atomic E-state index is -0.557. The Morgan fingerprint density at radius 1 is 1.33 bits per heavy atom. The number of nitrogens with one attached hydrogen (secondary N) is 1. The highest BCUT2D eigenvalue weighted by Crippen LogP contribution is 2.15. The van der Waals surface area contributed by atoms with E-state index in [2.05, 4.69) is 5.32 Å². The van der Waals surface area contributed by atoms with Crippen LogP contribution in [0.1, 0.15) is 30.5 Å². The molecule has 1 heterocycles. The number of carbonyl (C=O) groups excluding carboxylic acids is 2. The van der Waals surface area contributed by atoms with Crippen LogP contribution < -0.4 is 5.32 Å². The molecular formula is C13H19NO3S. The number of ketones is 1. The monoisotopic (exact) mass is 269 g/mol. The van der Waals surface area contributed by atoms with Crippen LogP contribution in [0.15, 0.2) is 12.1 Å². The Morgan fingerprint density at radius 3 is 2.50 bits per heavy atom. The van der Waals surface area contributed by atoms with Gasteiger partial charge in [0.1, 0.15) is 5.60 Å². The second kappa shape index (κ2) is 6.00. The summed E-state index contributed by atoms with van der Waals surface area (Å²) < 4.78 is 5.04. The Hall–Kier alpha value is -1.36. The van der Waals surface area contributed by atoms with Gasteiger partial charge in [0.05, 0.1) is 6.54 Å². The smallest absolute Gasteiger partial charge is 0.408 e. The highest BCUT2D eigenvalue weighted by atomic mass is 32.1. The number of ether oxygens (including phenoxy) is 1. The van der Waals surface area contributed by atoms with E-state index in [9.17, 15) is 9.59 Å². The molecule has 1 rings (SSSR count). The molecule has 0 aliphatic heterocycles. The van der Waals surface area contributed by atoms with Gasteiger partial charge in [-0.05, 0) is 39.8 Å². The highest BCUT2D eigenvalue weighted by Gasteiger charge is 2.16. The molecule has 5 heteroatoms. The number of hydrogen-bond acceptors (Lipinski definition) is 4. The summed E-state index contributed by atoms with van der Waals surface area (Å²) in [6.07, 6.45) is -0.202. The van der Waals surface area contributed by atoms with E-state index in [4.69, 9.17) is 4.74 Å². The lowest BCUT2D eigenvalue weighted by atomic mass is 10.2. The number of hydrogen-bond donors (Lipinski definition) is 1. The van der Waals surface area contributed by atoms with Crippen LogP contribution in [0.5, 0.6) is 0 Å². The first-order valence-electron chi connectivity index (χ1n) is 5.80. The van der Waals surface area contributed by atoms with Gasteiger partial charge in [-0.2, -0.15) is 0 Å². The number of thiophene rings is 1. The third-order valence-corrected chi connectivity index (χ3v) is 3.00. The van der Waals surface area contributed by atoms with E-state index in [0.717, 1.165) is 4.88 Å². The van der Waals surface area contributed by atoms with Gasteiger partial charge in [0.15, 0.2) is 5.78 Å². The molecule has 4 nitrogen and oxygen atoms in total. The third kappa shape index (κ3) is 5.82. The van der Waals surface area contributed by atoms with E-state index < -0.39 is 11.7 Å². The van der Waals surface area contributed by atoms with Gasteiger partial charge in [-0.3, -0.25) is 4.79 Å². The van der Waals surface area contributed by atoms with Gasteiger partial charge < -0.3 is 10.1 Å². The molecule has 18 heavy (non-hydrogen) atoms.